The van der Waals surface area contributed by atoms with E-state index in [9.17, 15) is 9.59 Å². The number of esters is 1. The molecule has 0 fully saturated rings. The minimum Gasteiger partial charge on any atom is -0.466 e. The molecule has 1 aromatic rings. The first-order valence-corrected chi connectivity index (χ1v) is 8.57. The van der Waals surface area contributed by atoms with Gasteiger partial charge in [-0.05, 0) is 45.7 Å². The molecule has 5 nitrogen and oxygen atoms in total. The van der Waals surface area contributed by atoms with Gasteiger partial charge in [-0.15, -0.1) is 0 Å². The summed E-state index contributed by atoms with van der Waals surface area (Å²) >= 11 is 0. The van der Waals surface area contributed by atoms with Gasteiger partial charge in [0.05, 0.1) is 19.1 Å². The van der Waals surface area contributed by atoms with Gasteiger partial charge in [0.2, 0.25) is 0 Å². The second-order valence-electron chi connectivity index (χ2n) is 5.94. The summed E-state index contributed by atoms with van der Waals surface area (Å²) in [7, 11) is 0. The zero-order chi connectivity index (χ0) is 17.9. The van der Waals surface area contributed by atoms with Gasteiger partial charge in [-0.2, -0.15) is 0 Å². The van der Waals surface area contributed by atoms with E-state index in [0.29, 0.717) is 31.9 Å². The number of rotatable bonds is 10. The molecule has 0 aliphatic carbocycles. The van der Waals surface area contributed by atoms with Crippen LogP contribution in [-0.4, -0.2) is 49.2 Å². The summed E-state index contributed by atoms with van der Waals surface area (Å²) in [5.41, 5.74) is 1.60. The molecule has 0 heterocycles. The quantitative estimate of drug-likeness (QED) is 0.487. The average Bonchev–Trinajstić information content (AvgIpc) is 2.54. The average molecular weight is 335 g/mol. The number of hydrogen-bond donors (Lipinski definition) is 0. The minimum absolute atomic E-state index is 0.0538. The van der Waals surface area contributed by atoms with E-state index in [1.54, 1.807) is 11.8 Å². The largest absolute Gasteiger partial charge is 0.466 e. The summed E-state index contributed by atoms with van der Waals surface area (Å²) in [6.45, 7) is 9.51. The zero-order valence-corrected chi connectivity index (χ0v) is 15.2. The summed E-state index contributed by atoms with van der Waals surface area (Å²) < 4.78 is 10.5. The second kappa shape index (κ2) is 10.8. The van der Waals surface area contributed by atoms with E-state index >= 15 is 0 Å². The highest BCUT2D eigenvalue weighted by molar-refractivity contribution is 5.95. The van der Waals surface area contributed by atoms with Crippen LogP contribution in [0.4, 0.5) is 0 Å². The van der Waals surface area contributed by atoms with Crippen molar-refractivity contribution in [3.63, 3.8) is 0 Å². The molecular weight excluding hydrogens is 306 g/mol. The highest BCUT2D eigenvalue weighted by Crippen LogP contribution is 2.12. The zero-order valence-electron chi connectivity index (χ0n) is 15.2. The molecule has 1 aromatic carbocycles. The lowest BCUT2D eigenvalue weighted by Crippen LogP contribution is -2.35. The molecule has 0 N–H and O–H groups in total. The fourth-order valence-corrected chi connectivity index (χ4v) is 2.33. The minimum atomic E-state index is -0.279. The summed E-state index contributed by atoms with van der Waals surface area (Å²) in [4.78, 5) is 26.1. The predicted molar refractivity (Wildman–Crippen MR) is 94.0 cm³/mol. The van der Waals surface area contributed by atoms with Crippen molar-refractivity contribution < 1.29 is 19.1 Å². The van der Waals surface area contributed by atoms with Gasteiger partial charge in [0, 0.05) is 25.3 Å². The molecule has 0 saturated carbocycles. The third-order valence-electron chi connectivity index (χ3n) is 3.58. The lowest BCUT2D eigenvalue weighted by atomic mass is 10.1. The van der Waals surface area contributed by atoms with Crippen molar-refractivity contribution in [2.24, 2.45) is 0 Å². The number of benzene rings is 1. The van der Waals surface area contributed by atoms with Crippen LogP contribution >= 0.6 is 0 Å². The van der Waals surface area contributed by atoms with E-state index in [0.717, 1.165) is 12.0 Å². The molecule has 5 heteroatoms. The molecule has 0 bridgehead atoms. The van der Waals surface area contributed by atoms with Gasteiger partial charge in [-0.3, -0.25) is 9.59 Å². The van der Waals surface area contributed by atoms with Gasteiger partial charge < -0.3 is 14.4 Å². The summed E-state index contributed by atoms with van der Waals surface area (Å²) in [5, 5.41) is 0. The molecule has 1 rings (SSSR count). The molecule has 0 unspecified atom stereocenters. The lowest BCUT2D eigenvalue weighted by Gasteiger charge is -2.23. The van der Waals surface area contributed by atoms with E-state index < -0.39 is 0 Å². The first-order chi connectivity index (χ1) is 11.5. The SMILES string of the molecule is CCOC(=O)CCN(CCCOC(C)C)C(=O)c1ccccc1C. The number of nitrogens with zero attached hydrogens (tertiary/aromatic N) is 1. The molecular formula is C19H29NO4. The maximum absolute atomic E-state index is 12.8. The number of carbonyl (C=O) groups is 2. The highest BCUT2D eigenvalue weighted by atomic mass is 16.5. The van der Waals surface area contributed by atoms with Crippen LogP contribution in [0.15, 0.2) is 24.3 Å². The van der Waals surface area contributed by atoms with Gasteiger partial charge in [-0.1, -0.05) is 18.2 Å². The van der Waals surface area contributed by atoms with Gasteiger partial charge in [0.1, 0.15) is 0 Å². The van der Waals surface area contributed by atoms with Gasteiger partial charge in [0.15, 0.2) is 0 Å². The Hall–Kier alpha value is -1.88. The monoisotopic (exact) mass is 335 g/mol. The molecule has 0 aliphatic heterocycles. The van der Waals surface area contributed by atoms with Gasteiger partial charge in [-0.25, -0.2) is 0 Å². The standard InChI is InChI=1S/C19H29NO4/c1-5-23-18(21)11-13-20(12-8-14-24-15(2)3)19(22)17-10-7-6-9-16(17)4/h6-7,9-10,15H,5,8,11-14H2,1-4H3. The lowest BCUT2D eigenvalue weighted by molar-refractivity contribution is -0.143. The molecule has 0 aliphatic rings. The maximum Gasteiger partial charge on any atom is 0.307 e. The van der Waals surface area contributed by atoms with Crippen molar-refractivity contribution in [2.45, 2.75) is 46.6 Å². The fourth-order valence-electron chi connectivity index (χ4n) is 2.33. The highest BCUT2D eigenvalue weighted by Gasteiger charge is 2.18. The molecule has 1 amide bonds. The van der Waals surface area contributed by atoms with Crippen molar-refractivity contribution in [3.8, 4) is 0 Å². The normalized spacial score (nSPS) is 10.7. The predicted octanol–water partition coefficient (Wildman–Crippen LogP) is 3.21. The molecule has 0 spiro atoms. The van der Waals surface area contributed by atoms with Gasteiger partial charge >= 0.3 is 5.97 Å². The number of aryl methyl sites for hydroxylation is 1. The van der Waals surface area contributed by atoms with E-state index in [2.05, 4.69) is 0 Å². The Balaban J connectivity index is 2.70. The molecule has 0 saturated heterocycles. The van der Waals surface area contributed by atoms with Crippen LogP contribution in [0.3, 0.4) is 0 Å². The fraction of sp³-hybridized carbons (Fsp3) is 0.579. The molecule has 134 valence electrons. The first kappa shape index (κ1) is 20.2. The third-order valence-corrected chi connectivity index (χ3v) is 3.58. The van der Waals surface area contributed by atoms with Crippen LogP contribution in [0.5, 0.6) is 0 Å². The molecule has 0 aromatic heterocycles. The van der Waals surface area contributed by atoms with Crippen LogP contribution in [0.1, 0.15) is 49.5 Å². The number of ether oxygens (including phenoxy) is 2. The van der Waals surface area contributed by atoms with E-state index in [1.807, 2.05) is 45.0 Å². The van der Waals surface area contributed by atoms with E-state index in [-0.39, 0.29) is 24.4 Å². The summed E-state index contributed by atoms with van der Waals surface area (Å²) in [5.74, 6) is -0.333. The van der Waals surface area contributed by atoms with Crippen LogP contribution in [0, 0.1) is 6.92 Å². The van der Waals surface area contributed by atoms with E-state index in [4.69, 9.17) is 9.47 Å². The summed E-state index contributed by atoms with van der Waals surface area (Å²) in [6.07, 6.45) is 1.11. The van der Waals surface area contributed by atoms with Crippen molar-refractivity contribution in [1.82, 2.24) is 4.90 Å². The Kier molecular flexibility index (Phi) is 9.08. The number of carbonyl (C=O) groups excluding carboxylic acids is 2. The van der Waals surface area contributed by atoms with Crippen LogP contribution in [0.2, 0.25) is 0 Å². The Labute approximate surface area is 144 Å². The van der Waals surface area contributed by atoms with E-state index in [1.165, 1.54) is 0 Å². The Morgan fingerprint density at radius 2 is 1.88 bits per heavy atom. The third kappa shape index (κ3) is 7.13. The van der Waals surface area contributed by atoms with Crippen molar-refractivity contribution in [3.05, 3.63) is 35.4 Å². The van der Waals surface area contributed by atoms with Crippen LogP contribution in [-0.2, 0) is 14.3 Å². The molecule has 0 atom stereocenters. The Morgan fingerprint density at radius 3 is 2.50 bits per heavy atom. The number of hydrogen-bond acceptors (Lipinski definition) is 4. The van der Waals surface area contributed by atoms with Gasteiger partial charge in [0.25, 0.3) is 5.91 Å². The maximum atomic E-state index is 12.8. The Bertz CT molecular complexity index is 528. The van der Waals surface area contributed by atoms with Crippen molar-refractivity contribution in [2.75, 3.05) is 26.3 Å². The topological polar surface area (TPSA) is 55.8 Å². The smallest absolute Gasteiger partial charge is 0.307 e. The molecule has 24 heavy (non-hydrogen) atoms. The number of amides is 1. The van der Waals surface area contributed by atoms with Crippen LogP contribution in [0.25, 0.3) is 0 Å². The molecule has 0 radical (unpaired) electrons. The first-order valence-electron chi connectivity index (χ1n) is 8.57. The van der Waals surface area contributed by atoms with Crippen LogP contribution < -0.4 is 0 Å². The van der Waals surface area contributed by atoms with Crippen molar-refractivity contribution in [1.29, 1.82) is 0 Å². The van der Waals surface area contributed by atoms with Crippen molar-refractivity contribution >= 4 is 11.9 Å². The summed E-state index contributed by atoms with van der Waals surface area (Å²) in [6, 6.07) is 7.50. The Morgan fingerprint density at radius 1 is 1.17 bits per heavy atom. The second-order valence-corrected chi connectivity index (χ2v) is 5.94.